The van der Waals surface area contributed by atoms with Gasteiger partial charge >= 0.3 is 18.3 Å². The lowest BCUT2D eigenvalue weighted by molar-refractivity contribution is -0.162. The highest BCUT2D eigenvalue weighted by molar-refractivity contribution is 6.01. The molecule has 0 amide bonds. The summed E-state index contributed by atoms with van der Waals surface area (Å²) in [4.78, 5) is 24.2. The van der Waals surface area contributed by atoms with E-state index in [1.807, 2.05) is 17.0 Å². The highest BCUT2D eigenvalue weighted by Crippen LogP contribution is 2.48. The van der Waals surface area contributed by atoms with E-state index in [1.54, 1.807) is 12.1 Å². The summed E-state index contributed by atoms with van der Waals surface area (Å²) in [5.41, 5.74) is -1.20. The van der Waals surface area contributed by atoms with Crippen molar-refractivity contribution >= 4 is 23.6 Å². The summed E-state index contributed by atoms with van der Waals surface area (Å²) in [5, 5.41) is 9.54. The highest BCUT2D eigenvalue weighted by atomic mass is 19.4. The van der Waals surface area contributed by atoms with E-state index >= 15 is 0 Å². The van der Waals surface area contributed by atoms with E-state index in [4.69, 9.17) is 4.74 Å². The van der Waals surface area contributed by atoms with Crippen molar-refractivity contribution in [1.82, 2.24) is 4.90 Å². The maximum atomic E-state index is 14.4. The van der Waals surface area contributed by atoms with E-state index in [0.29, 0.717) is 60.7 Å². The lowest BCUT2D eigenvalue weighted by Crippen LogP contribution is -2.51. The number of rotatable bonds is 10. The van der Waals surface area contributed by atoms with Gasteiger partial charge in [0, 0.05) is 19.6 Å². The fourth-order valence-corrected chi connectivity index (χ4v) is 6.46. The van der Waals surface area contributed by atoms with E-state index in [-0.39, 0.29) is 36.5 Å². The van der Waals surface area contributed by atoms with Gasteiger partial charge in [-0.05, 0) is 88.8 Å². The van der Waals surface area contributed by atoms with Gasteiger partial charge < -0.3 is 9.84 Å². The number of aromatic carboxylic acids is 1. The minimum absolute atomic E-state index is 0.00273. The molecule has 5 nitrogen and oxygen atoms in total. The predicted octanol–water partition coefficient (Wildman–Crippen LogP) is 7.70. The molecule has 5 rings (SSSR count). The monoisotopic (exact) mass is 649 g/mol. The topological polar surface area (TPSA) is 66.8 Å². The van der Waals surface area contributed by atoms with Crippen LogP contribution in [-0.4, -0.2) is 54.9 Å². The first-order chi connectivity index (χ1) is 21.8. The average Bonchev–Trinajstić information content (AvgIpc) is 3.17. The van der Waals surface area contributed by atoms with Crippen LogP contribution in [-0.2, 0) is 34.7 Å². The van der Waals surface area contributed by atoms with Crippen molar-refractivity contribution in [1.29, 1.82) is 0 Å². The first kappa shape index (κ1) is 33.2. The zero-order chi connectivity index (χ0) is 33.2. The second kappa shape index (κ2) is 13.3. The van der Waals surface area contributed by atoms with Gasteiger partial charge in [-0.25, -0.2) is 9.18 Å². The fourth-order valence-electron chi connectivity index (χ4n) is 6.46. The number of benzene rings is 3. The number of likely N-dealkylation sites (tertiary alicyclic amines) is 1. The van der Waals surface area contributed by atoms with Crippen molar-refractivity contribution < 1.29 is 50.2 Å². The Morgan fingerprint density at radius 2 is 1.67 bits per heavy atom. The Labute approximate surface area is 260 Å². The van der Waals surface area contributed by atoms with Crippen LogP contribution in [0, 0.1) is 5.92 Å². The second-order valence-electron chi connectivity index (χ2n) is 11.6. The number of carbonyl (C=O) groups excluding carboxylic acids is 1. The summed E-state index contributed by atoms with van der Waals surface area (Å²) < 4.78 is 103. The fraction of sp³-hybridized carbons (Fsp3) is 0.353. The lowest BCUT2D eigenvalue weighted by atomic mass is 9.84. The van der Waals surface area contributed by atoms with Crippen LogP contribution in [0.5, 0.6) is 0 Å². The van der Waals surface area contributed by atoms with Gasteiger partial charge in [0.05, 0.1) is 16.7 Å². The van der Waals surface area contributed by atoms with Crippen molar-refractivity contribution in [2.45, 2.75) is 44.1 Å². The van der Waals surface area contributed by atoms with E-state index < -0.39 is 47.8 Å². The Morgan fingerprint density at radius 1 is 0.957 bits per heavy atom. The molecule has 1 saturated heterocycles. The number of carbonyl (C=O) groups is 2. The van der Waals surface area contributed by atoms with Crippen molar-refractivity contribution in [2.75, 3.05) is 26.3 Å². The largest absolute Gasteiger partial charge is 0.478 e. The molecule has 0 spiro atoms. The normalized spacial score (nSPS) is 16.8. The number of allylic oxidation sites excluding steroid dienone is 1. The number of ether oxygens (including phenoxy) is 1. The van der Waals surface area contributed by atoms with Gasteiger partial charge in [-0.2, -0.15) is 26.3 Å². The third kappa shape index (κ3) is 7.11. The zero-order valence-electron chi connectivity index (χ0n) is 24.4. The molecule has 0 bridgehead atoms. The van der Waals surface area contributed by atoms with Crippen molar-refractivity contribution in [3.63, 3.8) is 0 Å². The van der Waals surface area contributed by atoms with Gasteiger partial charge in [0.1, 0.15) is 12.8 Å². The molecule has 1 atom stereocenters. The Kier molecular flexibility index (Phi) is 9.57. The minimum atomic E-state index is -5.30. The minimum Gasteiger partial charge on any atom is -0.478 e. The number of hydrogen-bond donors (Lipinski definition) is 1. The van der Waals surface area contributed by atoms with Crippen molar-refractivity contribution in [3.8, 4) is 0 Å². The molecule has 0 saturated carbocycles. The van der Waals surface area contributed by atoms with Gasteiger partial charge in [0.25, 0.3) is 6.47 Å². The molecule has 1 fully saturated rings. The SMILES string of the molecule is O=COC(CF)CN1CC(Cc2ccc(C3=C(c4cccc(C(F)(F)F)c4C(F)(F)F)CCCc4cc(C(=O)O)ccc43)cc2)C1. The zero-order valence-corrected chi connectivity index (χ0v) is 24.4. The number of alkyl halides is 7. The summed E-state index contributed by atoms with van der Waals surface area (Å²) in [6.07, 6.45) is -10.1. The maximum Gasteiger partial charge on any atom is 0.417 e. The number of fused-ring (bicyclic) bond motifs is 1. The Balaban J connectivity index is 1.55. The van der Waals surface area contributed by atoms with E-state index in [2.05, 4.69) is 0 Å². The van der Waals surface area contributed by atoms with E-state index in [1.165, 1.54) is 18.2 Å². The van der Waals surface area contributed by atoms with Crippen LogP contribution >= 0.6 is 0 Å². The molecule has 1 aliphatic heterocycles. The number of nitrogens with zero attached hydrogens (tertiary/aromatic N) is 1. The number of halogens is 7. The van der Waals surface area contributed by atoms with Crippen molar-refractivity contribution in [2.24, 2.45) is 5.92 Å². The van der Waals surface area contributed by atoms with E-state index in [9.17, 15) is 45.4 Å². The van der Waals surface area contributed by atoms with Gasteiger partial charge in [-0.1, -0.05) is 42.5 Å². The summed E-state index contributed by atoms with van der Waals surface area (Å²) in [6, 6.07) is 13.9. The standard InChI is InChI=1S/C34H30F7NO4/c35-15-25(46-19-43)18-42-16-21(17-42)13-20-7-9-22(10-8-20)30-26-12-11-24(32(44)45)14-23(26)3-1-4-27(30)28-5-2-6-29(33(36,37)38)31(28)34(39,40)41/h2,5-12,14,19,21,25H,1,3-4,13,15-18H2,(H,44,45). The number of carboxylic acids is 1. The van der Waals surface area contributed by atoms with Gasteiger partial charge in [0.15, 0.2) is 0 Å². The maximum absolute atomic E-state index is 14.4. The third-order valence-corrected chi connectivity index (χ3v) is 8.46. The second-order valence-corrected chi connectivity index (χ2v) is 11.6. The van der Waals surface area contributed by atoms with Crippen LogP contribution in [0.1, 0.15) is 62.1 Å². The Hall–Kier alpha value is -4.19. The molecule has 2 aliphatic rings. The molecule has 12 heteroatoms. The molecule has 0 aromatic heterocycles. The van der Waals surface area contributed by atoms with Crippen LogP contribution < -0.4 is 0 Å². The summed E-state index contributed by atoms with van der Waals surface area (Å²) >= 11 is 0. The van der Waals surface area contributed by atoms with Gasteiger partial charge in [-0.15, -0.1) is 0 Å². The molecular formula is C34H30F7NO4. The van der Waals surface area contributed by atoms with Crippen LogP contribution in [0.25, 0.3) is 11.1 Å². The van der Waals surface area contributed by atoms with Crippen LogP contribution in [0.2, 0.25) is 0 Å². The highest BCUT2D eigenvalue weighted by Gasteiger charge is 2.45. The number of carboxylic acid groups (broad SMARTS) is 1. The molecule has 0 radical (unpaired) electrons. The van der Waals surface area contributed by atoms with E-state index in [0.717, 1.165) is 17.7 Å². The lowest BCUT2D eigenvalue weighted by Gasteiger charge is -2.40. The van der Waals surface area contributed by atoms with Crippen LogP contribution in [0.4, 0.5) is 30.7 Å². The third-order valence-electron chi connectivity index (χ3n) is 8.46. The Morgan fingerprint density at radius 3 is 2.28 bits per heavy atom. The smallest absolute Gasteiger partial charge is 0.417 e. The van der Waals surface area contributed by atoms with Crippen LogP contribution in [0.3, 0.4) is 0 Å². The molecule has 244 valence electrons. The van der Waals surface area contributed by atoms with Crippen LogP contribution in [0.15, 0.2) is 60.7 Å². The number of aryl methyl sites for hydroxylation is 1. The summed E-state index contributed by atoms with van der Waals surface area (Å²) in [7, 11) is 0. The average molecular weight is 650 g/mol. The van der Waals surface area contributed by atoms with Gasteiger partial charge in [-0.3, -0.25) is 9.69 Å². The first-order valence-electron chi connectivity index (χ1n) is 14.6. The molecule has 3 aromatic rings. The van der Waals surface area contributed by atoms with Crippen molar-refractivity contribution in [3.05, 3.63) is 105 Å². The first-order valence-corrected chi connectivity index (χ1v) is 14.6. The molecule has 1 heterocycles. The molecule has 3 aromatic carbocycles. The van der Waals surface area contributed by atoms with Gasteiger partial charge in [0.2, 0.25) is 0 Å². The quantitative estimate of drug-likeness (QED) is 0.180. The predicted molar refractivity (Wildman–Crippen MR) is 156 cm³/mol. The molecule has 46 heavy (non-hydrogen) atoms. The molecule has 1 aliphatic carbocycles. The number of hydrogen-bond acceptors (Lipinski definition) is 4. The summed E-state index contributed by atoms with van der Waals surface area (Å²) in [5.74, 6) is -0.935. The Bertz CT molecular complexity index is 1620. The molecular weight excluding hydrogens is 619 g/mol. The molecule has 1 unspecified atom stereocenters. The summed E-state index contributed by atoms with van der Waals surface area (Å²) in [6.45, 7) is 1.03. The molecule has 1 N–H and O–H groups in total.